The number of amides is 3. The van der Waals surface area contributed by atoms with Crippen LogP contribution in [0.2, 0.25) is 0 Å². The molecule has 8 heteroatoms. The molecule has 0 aliphatic carbocycles. The van der Waals surface area contributed by atoms with E-state index in [-0.39, 0.29) is 11.7 Å². The minimum absolute atomic E-state index is 0.195. The molecule has 138 valence electrons. The van der Waals surface area contributed by atoms with Crippen molar-refractivity contribution >= 4 is 46.0 Å². The van der Waals surface area contributed by atoms with Crippen molar-refractivity contribution in [3.63, 3.8) is 0 Å². The molecule has 0 bridgehead atoms. The van der Waals surface area contributed by atoms with Crippen LogP contribution in [0.1, 0.15) is 26.4 Å². The number of ether oxygens (including phenoxy) is 1. The fourth-order valence-electron chi connectivity index (χ4n) is 2.19. The second kappa shape index (κ2) is 9.40. The van der Waals surface area contributed by atoms with E-state index in [1.807, 2.05) is 37.3 Å². The molecule has 1 aromatic heterocycles. The molecule has 0 unspecified atom stereocenters. The highest BCUT2D eigenvalue weighted by Crippen LogP contribution is 2.32. The smallest absolute Gasteiger partial charge is 0.413 e. The number of methoxy groups -OCH3 is 1. The Hall–Kier alpha value is -2.32. The van der Waals surface area contributed by atoms with Gasteiger partial charge in [-0.15, -0.1) is 23.1 Å². The van der Waals surface area contributed by atoms with Crippen LogP contribution in [-0.4, -0.2) is 30.8 Å². The molecule has 2 rings (SSSR count). The zero-order valence-corrected chi connectivity index (χ0v) is 16.4. The molecule has 0 radical (unpaired) electrons. The second-order valence-corrected chi connectivity index (χ2v) is 7.67. The third kappa shape index (κ3) is 5.34. The summed E-state index contributed by atoms with van der Waals surface area (Å²) in [7, 11) is 1.18. The molecule has 26 heavy (non-hydrogen) atoms. The molecule has 1 heterocycles. The Labute approximate surface area is 160 Å². The molecule has 6 nitrogen and oxygen atoms in total. The summed E-state index contributed by atoms with van der Waals surface area (Å²) in [6.45, 7) is 3.63. The van der Waals surface area contributed by atoms with E-state index in [9.17, 15) is 14.4 Å². The Kier molecular flexibility index (Phi) is 7.23. The van der Waals surface area contributed by atoms with Crippen molar-refractivity contribution in [1.82, 2.24) is 5.32 Å². The zero-order valence-electron chi connectivity index (χ0n) is 14.8. The number of benzene rings is 1. The van der Waals surface area contributed by atoms with E-state index in [0.717, 1.165) is 21.8 Å². The molecule has 1 aromatic carbocycles. The van der Waals surface area contributed by atoms with Crippen LogP contribution in [0.4, 0.5) is 9.80 Å². The second-order valence-electron chi connectivity index (χ2n) is 5.46. The highest BCUT2D eigenvalue weighted by atomic mass is 32.2. The number of imide groups is 1. The number of thioether (sulfide) groups is 1. The number of hydrogen-bond donors (Lipinski definition) is 2. The minimum Gasteiger partial charge on any atom is -0.453 e. The first kappa shape index (κ1) is 20.0. The lowest BCUT2D eigenvalue weighted by Crippen LogP contribution is -2.31. The van der Waals surface area contributed by atoms with Gasteiger partial charge in [-0.05, 0) is 25.0 Å². The van der Waals surface area contributed by atoms with Gasteiger partial charge >= 0.3 is 6.09 Å². The van der Waals surface area contributed by atoms with Gasteiger partial charge < -0.3 is 10.1 Å². The third-order valence-corrected chi connectivity index (χ3v) is 5.74. The molecule has 3 amide bonds. The lowest BCUT2D eigenvalue weighted by Gasteiger charge is -2.07. The molecule has 0 spiro atoms. The molecule has 2 N–H and O–H groups in total. The van der Waals surface area contributed by atoms with E-state index >= 15 is 0 Å². The molecule has 0 fully saturated rings. The van der Waals surface area contributed by atoms with Gasteiger partial charge in [0.05, 0.1) is 18.4 Å². The lowest BCUT2D eigenvalue weighted by molar-refractivity contribution is -0.113. The first-order valence-electron chi connectivity index (χ1n) is 7.83. The first-order chi connectivity index (χ1) is 12.4. The standard InChI is InChI=1S/C18H20N2O4S2/c1-11-12(2)26-17(15(11)16(22)20-18(23)24-3)19-14(21)10-25-9-13-7-5-4-6-8-13/h4-8H,9-10H2,1-3H3,(H,19,21)(H,20,22,23). The summed E-state index contributed by atoms with van der Waals surface area (Å²) in [5, 5.41) is 5.34. The van der Waals surface area contributed by atoms with Gasteiger partial charge in [-0.3, -0.25) is 14.9 Å². The van der Waals surface area contributed by atoms with Crippen LogP contribution in [-0.2, 0) is 15.3 Å². The molecule has 0 saturated heterocycles. The van der Waals surface area contributed by atoms with Gasteiger partial charge in [-0.2, -0.15) is 0 Å². The summed E-state index contributed by atoms with van der Waals surface area (Å²) in [6, 6.07) is 9.88. The molecule has 0 aliphatic rings. The number of rotatable bonds is 6. The number of anilines is 1. The number of aryl methyl sites for hydroxylation is 1. The van der Waals surface area contributed by atoms with Crippen molar-refractivity contribution in [2.45, 2.75) is 19.6 Å². The highest BCUT2D eigenvalue weighted by molar-refractivity contribution is 7.99. The fourth-order valence-corrected chi connectivity index (χ4v) is 4.06. The van der Waals surface area contributed by atoms with Crippen molar-refractivity contribution in [3.8, 4) is 0 Å². The van der Waals surface area contributed by atoms with Crippen LogP contribution >= 0.6 is 23.1 Å². The average molecular weight is 393 g/mol. The third-order valence-electron chi connectivity index (χ3n) is 3.61. The molecule has 0 saturated carbocycles. The maximum absolute atomic E-state index is 12.3. The topological polar surface area (TPSA) is 84.5 Å². The number of alkyl carbamates (subject to hydrolysis) is 1. The zero-order chi connectivity index (χ0) is 19.1. The Bertz CT molecular complexity index is 803. The van der Waals surface area contributed by atoms with Crippen LogP contribution in [0.5, 0.6) is 0 Å². The van der Waals surface area contributed by atoms with Gasteiger partial charge in [0.15, 0.2) is 0 Å². The van der Waals surface area contributed by atoms with Gasteiger partial charge in [-0.1, -0.05) is 30.3 Å². The summed E-state index contributed by atoms with van der Waals surface area (Å²) < 4.78 is 4.45. The number of hydrogen-bond acceptors (Lipinski definition) is 6. The quantitative estimate of drug-likeness (QED) is 0.782. The summed E-state index contributed by atoms with van der Waals surface area (Å²) in [4.78, 5) is 36.7. The van der Waals surface area contributed by atoms with Crippen molar-refractivity contribution in [3.05, 3.63) is 51.9 Å². The monoisotopic (exact) mass is 392 g/mol. The Morgan fingerprint density at radius 3 is 2.50 bits per heavy atom. The maximum atomic E-state index is 12.3. The maximum Gasteiger partial charge on any atom is 0.413 e. The van der Waals surface area contributed by atoms with Crippen LogP contribution in [0.25, 0.3) is 0 Å². The van der Waals surface area contributed by atoms with Gasteiger partial charge in [0.1, 0.15) is 5.00 Å². The molecule has 2 aromatic rings. The van der Waals surface area contributed by atoms with E-state index in [0.29, 0.717) is 10.6 Å². The van der Waals surface area contributed by atoms with Gasteiger partial charge in [0.2, 0.25) is 5.91 Å². The number of carbonyl (C=O) groups is 3. The molecular weight excluding hydrogens is 372 g/mol. The number of nitrogens with one attached hydrogen (secondary N) is 2. The predicted octanol–water partition coefficient (Wildman–Crippen LogP) is 3.73. The summed E-state index contributed by atoms with van der Waals surface area (Å²) in [5.74, 6) is 0.209. The van der Waals surface area contributed by atoms with Crippen molar-refractivity contribution in [1.29, 1.82) is 0 Å². The molecular formula is C18H20N2O4S2. The van der Waals surface area contributed by atoms with Crippen molar-refractivity contribution < 1.29 is 19.1 Å². The number of thiophene rings is 1. The van der Waals surface area contributed by atoms with E-state index in [2.05, 4.69) is 15.4 Å². The molecule has 0 aliphatic heterocycles. The van der Waals surface area contributed by atoms with E-state index in [4.69, 9.17) is 0 Å². The Morgan fingerprint density at radius 1 is 1.15 bits per heavy atom. The number of carbonyl (C=O) groups excluding carboxylic acids is 3. The van der Waals surface area contributed by atoms with E-state index < -0.39 is 12.0 Å². The average Bonchev–Trinajstić information content (AvgIpc) is 2.89. The van der Waals surface area contributed by atoms with Gasteiger partial charge in [0.25, 0.3) is 5.91 Å². The largest absolute Gasteiger partial charge is 0.453 e. The van der Waals surface area contributed by atoms with Crippen LogP contribution in [0.3, 0.4) is 0 Å². The predicted molar refractivity (Wildman–Crippen MR) is 105 cm³/mol. The van der Waals surface area contributed by atoms with Gasteiger partial charge in [-0.25, -0.2) is 4.79 Å². The Balaban J connectivity index is 1.99. The summed E-state index contributed by atoms with van der Waals surface area (Å²) in [6.07, 6.45) is -0.839. The molecule has 0 atom stereocenters. The van der Waals surface area contributed by atoms with Crippen LogP contribution in [0, 0.1) is 13.8 Å². The minimum atomic E-state index is -0.839. The van der Waals surface area contributed by atoms with Crippen LogP contribution in [0.15, 0.2) is 30.3 Å². The lowest BCUT2D eigenvalue weighted by atomic mass is 10.1. The summed E-state index contributed by atoms with van der Waals surface area (Å²) >= 11 is 2.80. The summed E-state index contributed by atoms with van der Waals surface area (Å²) in [5.41, 5.74) is 2.16. The van der Waals surface area contributed by atoms with Crippen LogP contribution < -0.4 is 10.6 Å². The van der Waals surface area contributed by atoms with Gasteiger partial charge in [0, 0.05) is 10.6 Å². The van der Waals surface area contributed by atoms with E-state index in [1.165, 1.54) is 30.2 Å². The fraction of sp³-hybridized carbons (Fsp3) is 0.278. The SMILES string of the molecule is COC(=O)NC(=O)c1c(NC(=O)CSCc2ccccc2)sc(C)c1C. The van der Waals surface area contributed by atoms with Crippen molar-refractivity contribution in [2.24, 2.45) is 0 Å². The Morgan fingerprint density at radius 2 is 1.85 bits per heavy atom. The first-order valence-corrected chi connectivity index (χ1v) is 9.80. The van der Waals surface area contributed by atoms with Crippen molar-refractivity contribution in [2.75, 3.05) is 18.2 Å². The highest BCUT2D eigenvalue weighted by Gasteiger charge is 2.22. The van der Waals surface area contributed by atoms with E-state index in [1.54, 1.807) is 6.92 Å². The normalized spacial score (nSPS) is 10.3.